The first-order valence-corrected chi connectivity index (χ1v) is 7.91. The molecule has 0 saturated heterocycles. The second kappa shape index (κ2) is 5.77. The van der Waals surface area contributed by atoms with Gasteiger partial charge in [-0.3, -0.25) is 0 Å². The van der Waals surface area contributed by atoms with E-state index in [-0.39, 0.29) is 0 Å². The van der Waals surface area contributed by atoms with Crippen molar-refractivity contribution in [2.75, 3.05) is 11.5 Å². The highest BCUT2D eigenvalue weighted by molar-refractivity contribution is 7.99. The average Bonchev–Trinajstić information content (AvgIpc) is 2.88. The van der Waals surface area contributed by atoms with Gasteiger partial charge in [-0.15, -0.1) is 11.8 Å². The largest absolute Gasteiger partial charge is 0.368 e. The van der Waals surface area contributed by atoms with Crippen molar-refractivity contribution in [1.29, 1.82) is 0 Å². The third kappa shape index (κ3) is 3.00. The molecule has 0 spiro atoms. The molecule has 0 amide bonds. The maximum atomic E-state index is 5.71. The molecule has 2 aromatic rings. The van der Waals surface area contributed by atoms with Gasteiger partial charge >= 0.3 is 0 Å². The number of hydrogen-bond donors (Lipinski definition) is 2. The minimum atomic E-state index is 0.305. The van der Waals surface area contributed by atoms with Crippen molar-refractivity contribution in [2.45, 2.75) is 43.6 Å². The number of nitrogen functional groups attached to an aromatic ring is 1. The molecule has 3 rings (SSSR count). The first-order valence-electron chi connectivity index (χ1n) is 6.92. The van der Waals surface area contributed by atoms with Gasteiger partial charge in [0.25, 0.3) is 0 Å². The fourth-order valence-corrected chi connectivity index (χ4v) is 3.82. The highest BCUT2D eigenvalue weighted by atomic mass is 32.2. The molecule has 0 unspecified atom stereocenters. The number of rotatable bonds is 4. The fourth-order valence-electron chi connectivity index (χ4n) is 2.73. The normalized spacial score (nSPS) is 17.1. The summed E-state index contributed by atoms with van der Waals surface area (Å²) in [4.78, 5) is 15.6. The highest BCUT2D eigenvalue weighted by Crippen LogP contribution is 2.30. The molecule has 2 aromatic heterocycles. The van der Waals surface area contributed by atoms with Crippen LogP contribution >= 0.6 is 11.8 Å². The van der Waals surface area contributed by atoms with Crippen LogP contribution in [-0.4, -0.2) is 25.7 Å². The summed E-state index contributed by atoms with van der Waals surface area (Å²) < 4.78 is 0. The Bertz CT molecular complexity index is 547. The molecule has 3 N–H and O–H groups in total. The van der Waals surface area contributed by atoms with Gasteiger partial charge in [0.05, 0.1) is 6.33 Å². The van der Waals surface area contributed by atoms with Crippen molar-refractivity contribution in [3.8, 4) is 0 Å². The minimum Gasteiger partial charge on any atom is -0.368 e. The Morgan fingerprint density at radius 2 is 2.11 bits per heavy atom. The van der Waals surface area contributed by atoms with E-state index in [4.69, 9.17) is 5.73 Å². The van der Waals surface area contributed by atoms with Gasteiger partial charge in [-0.25, -0.2) is 9.97 Å². The molecule has 5 nitrogen and oxygen atoms in total. The van der Waals surface area contributed by atoms with E-state index in [0.717, 1.165) is 22.2 Å². The lowest BCUT2D eigenvalue weighted by atomic mass is 9.88. The van der Waals surface area contributed by atoms with Crippen molar-refractivity contribution in [1.82, 2.24) is 19.9 Å². The molecule has 1 aliphatic rings. The number of nitrogens with two attached hydrogens (primary N) is 1. The summed E-state index contributed by atoms with van der Waals surface area (Å²) in [5.41, 5.74) is 7.27. The molecule has 1 saturated carbocycles. The lowest BCUT2D eigenvalue weighted by Gasteiger charge is -2.20. The van der Waals surface area contributed by atoms with Gasteiger partial charge in [-0.1, -0.05) is 32.1 Å². The number of aromatic amines is 1. The summed E-state index contributed by atoms with van der Waals surface area (Å²) in [6, 6.07) is 0. The Morgan fingerprint density at radius 3 is 2.95 bits per heavy atom. The Kier molecular flexibility index (Phi) is 3.87. The van der Waals surface area contributed by atoms with Crippen LogP contribution in [0.2, 0.25) is 0 Å². The number of fused-ring (bicyclic) bond motifs is 1. The Hall–Kier alpha value is -1.30. The van der Waals surface area contributed by atoms with Crippen LogP contribution in [-0.2, 0) is 0 Å². The lowest BCUT2D eigenvalue weighted by Crippen LogP contribution is -2.07. The third-order valence-corrected chi connectivity index (χ3v) is 4.77. The molecule has 1 aliphatic carbocycles. The van der Waals surface area contributed by atoms with E-state index < -0.39 is 0 Å². The van der Waals surface area contributed by atoms with E-state index >= 15 is 0 Å². The van der Waals surface area contributed by atoms with E-state index in [0.29, 0.717) is 11.6 Å². The first kappa shape index (κ1) is 12.7. The molecular formula is C13H19N5S. The van der Waals surface area contributed by atoms with Crippen molar-refractivity contribution in [3.63, 3.8) is 0 Å². The summed E-state index contributed by atoms with van der Waals surface area (Å²) in [6.45, 7) is 0. The number of nitrogens with zero attached hydrogens (tertiary/aromatic N) is 3. The monoisotopic (exact) mass is 277 g/mol. The van der Waals surface area contributed by atoms with Crippen LogP contribution in [0.15, 0.2) is 11.4 Å². The van der Waals surface area contributed by atoms with E-state index in [1.54, 1.807) is 18.1 Å². The Labute approximate surface area is 116 Å². The van der Waals surface area contributed by atoms with Gasteiger partial charge in [0.1, 0.15) is 10.5 Å². The summed E-state index contributed by atoms with van der Waals surface area (Å²) in [6.07, 6.45) is 9.92. The van der Waals surface area contributed by atoms with Crippen LogP contribution in [0.4, 0.5) is 5.95 Å². The SMILES string of the molecule is Nc1nc(SCCC2CCCCC2)c2[nH]cnc2n1. The highest BCUT2D eigenvalue weighted by Gasteiger charge is 2.14. The van der Waals surface area contributed by atoms with E-state index in [1.165, 1.54) is 38.5 Å². The van der Waals surface area contributed by atoms with Crippen molar-refractivity contribution in [2.24, 2.45) is 5.92 Å². The van der Waals surface area contributed by atoms with Gasteiger partial charge in [-0.2, -0.15) is 4.98 Å². The lowest BCUT2D eigenvalue weighted by molar-refractivity contribution is 0.351. The molecule has 0 bridgehead atoms. The van der Waals surface area contributed by atoms with Crippen molar-refractivity contribution in [3.05, 3.63) is 6.33 Å². The van der Waals surface area contributed by atoms with Crippen molar-refractivity contribution < 1.29 is 0 Å². The fraction of sp³-hybridized carbons (Fsp3) is 0.615. The average molecular weight is 277 g/mol. The maximum Gasteiger partial charge on any atom is 0.223 e. The summed E-state index contributed by atoms with van der Waals surface area (Å²) in [5.74, 6) is 2.30. The second-order valence-electron chi connectivity index (χ2n) is 5.13. The van der Waals surface area contributed by atoms with Crippen molar-refractivity contribution >= 4 is 28.9 Å². The predicted octanol–water partition coefficient (Wildman–Crippen LogP) is 3.00. The molecule has 102 valence electrons. The number of H-pyrrole nitrogens is 1. The summed E-state index contributed by atoms with van der Waals surface area (Å²) >= 11 is 1.76. The number of anilines is 1. The number of hydrogen-bond acceptors (Lipinski definition) is 5. The zero-order chi connectivity index (χ0) is 13.1. The van der Waals surface area contributed by atoms with Gasteiger partial charge < -0.3 is 10.7 Å². The van der Waals surface area contributed by atoms with Crippen LogP contribution in [0.1, 0.15) is 38.5 Å². The number of thioether (sulfide) groups is 1. The molecule has 0 radical (unpaired) electrons. The van der Waals surface area contributed by atoms with Gasteiger partial charge in [0.2, 0.25) is 5.95 Å². The van der Waals surface area contributed by atoms with Gasteiger partial charge in [-0.05, 0) is 18.1 Å². The van der Waals surface area contributed by atoms with Crippen LogP contribution in [0.3, 0.4) is 0 Å². The predicted molar refractivity (Wildman–Crippen MR) is 78.0 cm³/mol. The molecule has 0 aliphatic heterocycles. The minimum absolute atomic E-state index is 0.305. The van der Waals surface area contributed by atoms with Gasteiger partial charge in [0.15, 0.2) is 5.65 Å². The zero-order valence-electron chi connectivity index (χ0n) is 10.9. The Morgan fingerprint density at radius 1 is 1.26 bits per heavy atom. The maximum absolute atomic E-state index is 5.71. The van der Waals surface area contributed by atoms with E-state index in [9.17, 15) is 0 Å². The second-order valence-corrected chi connectivity index (χ2v) is 6.21. The van der Waals surface area contributed by atoms with Crippen LogP contribution in [0.25, 0.3) is 11.2 Å². The third-order valence-electron chi connectivity index (χ3n) is 3.76. The molecular weight excluding hydrogens is 258 g/mol. The molecule has 6 heteroatoms. The molecule has 19 heavy (non-hydrogen) atoms. The first-order chi connectivity index (χ1) is 9.33. The number of aromatic nitrogens is 4. The standard InChI is InChI=1S/C13H19N5S/c14-13-17-11-10(15-8-16-11)12(18-13)19-7-6-9-4-2-1-3-5-9/h8-9H,1-7H2,(H3,14,15,16,17,18). The van der Waals surface area contributed by atoms with Crippen LogP contribution in [0, 0.1) is 5.92 Å². The van der Waals surface area contributed by atoms with E-state index in [1.807, 2.05) is 0 Å². The van der Waals surface area contributed by atoms with Gasteiger partial charge in [0, 0.05) is 0 Å². The zero-order valence-corrected chi connectivity index (χ0v) is 11.7. The van der Waals surface area contributed by atoms with E-state index in [2.05, 4.69) is 19.9 Å². The molecule has 1 fully saturated rings. The topological polar surface area (TPSA) is 80.5 Å². The molecule has 2 heterocycles. The summed E-state index contributed by atoms with van der Waals surface area (Å²) in [5, 5.41) is 0.927. The number of imidazole rings is 1. The Balaban J connectivity index is 1.63. The molecule has 0 aromatic carbocycles. The van der Waals surface area contributed by atoms with Crippen LogP contribution < -0.4 is 5.73 Å². The quantitative estimate of drug-likeness (QED) is 0.663. The smallest absolute Gasteiger partial charge is 0.223 e. The summed E-state index contributed by atoms with van der Waals surface area (Å²) in [7, 11) is 0. The van der Waals surface area contributed by atoms with Crippen LogP contribution in [0.5, 0.6) is 0 Å². The molecule has 0 atom stereocenters. The number of nitrogens with one attached hydrogen (secondary N) is 1.